The van der Waals surface area contributed by atoms with E-state index in [1.165, 1.54) is 5.56 Å². The van der Waals surface area contributed by atoms with Crippen molar-refractivity contribution in [3.63, 3.8) is 0 Å². The smallest absolute Gasteiger partial charge is 0.257 e. The van der Waals surface area contributed by atoms with Crippen molar-refractivity contribution < 1.29 is 10.4 Å². The Bertz CT molecular complexity index is 590. The summed E-state index contributed by atoms with van der Waals surface area (Å²) in [4.78, 5) is 14.7. The maximum atomic E-state index is 11.8. The van der Waals surface area contributed by atoms with Crippen LogP contribution in [-0.2, 0) is 13.0 Å². The number of quaternary nitrogens is 1. The van der Waals surface area contributed by atoms with Crippen LogP contribution in [0.1, 0.15) is 18.1 Å². The Morgan fingerprint density at radius 1 is 1.33 bits per heavy atom. The fourth-order valence-corrected chi connectivity index (χ4v) is 2.02. The molecule has 2 rings (SSSR count). The molecule has 0 unspecified atom stereocenters. The summed E-state index contributed by atoms with van der Waals surface area (Å²) < 4.78 is 0. The Hall–Kier alpha value is -1.65. The van der Waals surface area contributed by atoms with Crippen LogP contribution in [0.4, 0.5) is 0 Å². The van der Waals surface area contributed by atoms with Crippen LogP contribution in [0.3, 0.4) is 0 Å². The molecule has 1 aromatic carbocycles. The summed E-state index contributed by atoms with van der Waals surface area (Å²) in [7, 11) is 0. The van der Waals surface area contributed by atoms with Gasteiger partial charge in [-0.15, -0.1) is 0 Å². The standard InChI is InChI=1S/C14H18N2O2/c1-2-10-3-4-13-11(7-10)8-12(14(18)16-13)9-15-5-6-17/h3-4,7-8,15,17H,2,5-6,9H2,1H3,(H,16,18)/p+1. The number of aryl methyl sites for hydroxylation is 1. The summed E-state index contributed by atoms with van der Waals surface area (Å²) >= 11 is 0. The van der Waals surface area contributed by atoms with Crippen LogP contribution in [0, 0.1) is 0 Å². The number of hydrogen-bond acceptors (Lipinski definition) is 2. The van der Waals surface area contributed by atoms with Crippen molar-refractivity contribution in [3.05, 3.63) is 45.7 Å². The summed E-state index contributed by atoms with van der Waals surface area (Å²) in [6.07, 6.45) is 0.987. The molecule has 0 fully saturated rings. The van der Waals surface area contributed by atoms with Crippen LogP contribution in [0.2, 0.25) is 0 Å². The van der Waals surface area contributed by atoms with Crippen LogP contribution in [0.5, 0.6) is 0 Å². The Labute approximate surface area is 106 Å². The largest absolute Gasteiger partial charge is 0.391 e. The minimum absolute atomic E-state index is 0.0408. The van der Waals surface area contributed by atoms with E-state index in [0.29, 0.717) is 13.1 Å². The lowest BCUT2D eigenvalue weighted by Gasteiger charge is -2.04. The van der Waals surface area contributed by atoms with Gasteiger partial charge in [-0.3, -0.25) is 4.79 Å². The number of aromatic amines is 1. The molecule has 4 heteroatoms. The molecule has 0 saturated heterocycles. The van der Waals surface area contributed by atoms with E-state index >= 15 is 0 Å². The number of pyridine rings is 1. The molecule has 0 spiro atoms. The minimum Gasteiger partial charge on any atom is -0.391 e. The average molecular weight is 247 g/mol. The van der Waals surface area contributed by atoms with Crippen LogP contribution < -0.4 is 10.9 Å². The molecule has 0 saturated carbocycles. The molecule has 4 N–H and O–H groups in total. The normalized spacial score (nSPS) is 11.0. The number of aromatic nitrogens is 1. The fourth-order valence-electron chi connectivity index (χ4n) is 2.02. The van der Waals surface area contributed by atoms with E-state index in [1.807, 2.05) is 23.5 Å². The van der Waals surface area contributed by atoms with Gasteiger partial charge in [0.2, 0.25) is 0 Å². The van der Waals surface area contributed by atoms with Gasteiger partial charge < -0.3 is 15.4 Å². The first-order chi connectivity index (χ1) is 8.74. The molecule has 0 amide bonds. The molecule has 0 atom stereocenters. The van der Waals surface area contributed by atoms with E-state index in [-0.39, 0.29) is 12.2 Å². The highest BCUT2D eigenvalue weighted by Gasteiger charge is 2.05. The molecule has 2 aromatic rings. The summed E-state index contributed by atoms with van der Waals surface area (Å²) in [5.74, 6) is 0. The molecule has 0 aliphatic carbocycles. The molecule has 0 aliphatic rings. The Kier molecular flexibility index (Phi) is 4.12. The molecular weight excluding hydrogens is 228 g/mol. The quantitative estimate of drug-likeness (QED) is 0.658. The van der Waals surface area contributed by atoms with Crippen molar-refractivity contribution in [3.8, 4) is 0 Å². The third-order valence-corrected chi connectivity index (χ3v) is 3.09. The molecule has 1 aromatic heterocycles. The first-order valence-electron chi connectivity index (χ1n) is 6.32. The molecule has 18 heavy (non-hydrogen) atoms. The second-order valence-electron chi connectivity index (χ2n) is 4.40. The lowest BCUT2D eigenvalue weighted by Crippen LogP contribution is -2.83. The third kappa shape index (κ3) is 2.78. The Morgan fingerprint density at radius 3 is 2.89 bits per heavy atom. The highest BCUT2D eigenvalue weighted by Crippen LogP contribution is 2.13. The van der Waals surface area contributed by atoms with E-state index in [1.54, 1.807) is 0 Å². The second kappa shape index (κ2) is 5.80. The van der Waals surface area contributed by atoms with Gasteiger partial charge in [0.25, 0.3) is 5.56 Å². The SMILES string of the molecule is CCc1ccc2[nH]c(=O)c(C[NH2+]CCO)cc2c1. The maximum Gasteiger partial charge on any atom is 0.257 e. The first-order valence-corrected chi connectivity index (χ1v) is 6.32. The van der Waals surface area contributed by atoms with Crippen molar-refractivity contribution in [2.45, 2.75) is 19.9 Å². The molecule has 4 nitrogen and oxygen atoms in total. The minimum atomic E-state index is -0.0408. The van der Waals surface area contributed by atoms with Crippen LogP contribution in [0.15, 0.2) is 29.1 Å². The zero-order valence-corrected chi connectivity index (χ0v) is 10.6. The number of aliphatic hydroxyl groups excluding tert-OH is 1. The van der Waals surface area contributed by atoms with E-state index in [0.717, 1.165) is 22.9 Å². The lowest BCUT2D eigenvalue weighted by atomic mass is 10.1. The number of fused-ring (bicyclic) bond motifs is 1. The van der Waals surface area contributed by atoms with Crippen LogP contribution in [-0.4, -0.2) is 23.2 Å². The van der Waals surface area contributed by atoms with Crippen LogP contribution in [0.25, 0.3) is 10.9 Å². The van der Waals surface area contributed by atoms with Crippen molar-refractivity contribution in [1.29, 1.82) is 0 Å². The molecule has 0 aliphatic heterocycles. The van der Waals surface area contributed by atoms with Gasteiger partial charge in [-0.2, -0.15) is 0 Å². The summed E-state index contributed by atoms with van der Waals surface area (Å²) in [6, 6.07) is 8.05. The average Bonchev–Trinajstić information content (AvgIpc) is 2.39. The monoisotopic (exact) mass is 247 g/mol. The summed E-state index contributed by atoms with van der Waals surface area (Å²) in [6.45, 7) is 3.46. The molecule has 1 heterocycles. The summed E-state index contributed by atoms with van der Waals surface area (Å²) in [5, 5.41) is 11.7. The van der Waals surface area contributed by atoms with E-state index in [2.05, 4.69) is 18.0 Å². The fraction of sp³-hybridized carbons (Fsp3) is 0.357. The number of nitrogens with one attached hydrogen (secondary N) is 1. The van der Waals surface area contributed by atoms with Crippen molar-refractivity contribution in [1.82, 2.24) is 4.98 Å². The van der Waals surface area contributed by atoms with Gasteiger partial charge in [0.15, 0.2) is 0 Å². The van der Waals surface area contributed by atoms with E-state index < -0.39 is 0 Å². The summed E-state index contributed by atoms with van der Waals surface area (Å²) in [5.41, 5.74) is 2.85. The number of nitrogens with two attached hydrogens (primary N) is 1. The second-order valence-corrected chi connectivity index (χ2v) is 4.40. The van der Waals surface area contributed by atoms with Gasteiger partial charge in [0.1, 0.15) is 6.54 Å². The molecular formula is C14H19N2O2+. The van der Waals surface area contributed by atoms with Crippen molar-refractivity contribution in [2.75, 3.05) is 13.2 Å². The number of benzene rings is 1. The zero-order chi connectivity index (χ0) is 13.0. The van der Waals surface area contributed by atoms with Gasteiger partial charge in [0.05, 0.1) is 18.7 Å². The van der Waals surface area contributed by atoms with Crippen LogP contribution >= 0.6 is 0 Å². The van der Waals surface area contributed by atoms with Gasteiger partial charge in [-0.25, -0.2) is 0 Å². The zero-order valence-electron chi connectivity index (χ0n) is 10.6. The number of hydrogen-bond donors (Lipinski definition) is 3. The Balaban J connectivity index is 2.35. The van der Waals surface area contributed by atoms with Gasteiger partial charge in [0, 0.05) is 5.52 Å². The van der Waals surface area contributed by atoms with Gasteiger partial charge in [-0.05, 0) is 35.6 Å². The molecule has 96 valence electrons. The van der Waals surface area contributed by atoms with Crippen molar-refractivity contribution in [2.24, 2.45) is 0 Å². The molecule has 0 bridgehead atoms. The predicted octanol–water partition coefficient (Wildman–Crippen LogP) is 0.146. The topological polar surface area (TPSA) is 69.7 Å². The van der Waals surface area contributed by atoms with Gasteiger partial charge >= 0.3 is 0 Å². The molecule has 0 radical (unpaired) electrons. The third-order valence-electron chi connectivity index (χ3n) is 3.09. The van der Waals surface area contributed by atoms with E-state index in [9.17, 15) is 4.79 Å². The van der Waals surface area contributed by atoms with E-state index in [4.69, 9.17) is 5.11 Å². The van der Waals surface area contributed by atoms with Crippen molar-refractivity contribution >= 4 is 10.9 Å². The van der Waals surface area contributed by atoms with Gasteiger partial charge in [-0.1, -0.05) is 13.0 Å². The first kappa shape index (κ1) is 12.8. The number of aliphatic hydroxyl groups is 1. The maximum absolute atomic E-state index is 11.8. The number of rotatable bonds is 5. The highest BCUT2D eigenvalue weighted by atomic mass is 16.3. The predicted molar refractivity (Wildman–Crippen MR) is 71.5 cm³/mol. The highest BCUT2D eigenvalue weighted by molar-refractivity contribution is 5.79. The number of H-pyrrole nitrogens is 1. The lowest BCUT2D eigenvalue weighted by molar-refractivity contribution is -0.671. The Morgan fingerprint density at radius 2 is 2.17 bits per heavy atom.